The highest BCUT2D eigenvalue weighted by molar-refractivity contribution is 8.00. The number of amides is 1. The third-order valence-electron chi connectivity index (χ3n) is 3.04. The van der Waals surface area contributed by atoms with E-state index in [-0.39, 0.29) is 11.2 Å². The van der Waals surface area contributed by atoms with E-state index in [1.807, 2.05) is 37.3 Å². The summed E-state index contributed by atoms with van der Waals surface area (Å²) < 4.78 is 5.54. The highest BCUT2D eigenvalue weighted by Gasteiger charge is 2.30. The minimum Gasteiger partial charge on any atom is -0.416 e. The third-order valence-corrected chi connectivity index (χ3v) is 3.97. The molecule has 1 aliphatic rings. The van der Waals surface area contributed by atoms with Gasteiger partial charge in [0.05, 0.1) is 5.25 Å². The minimum absolute atomic E-state index is 0.0765. The Balaban J connectivity index is 1.57. The van der Waals surface area contributed by atoms with E-state index < -0.39 is 0 Å². The maximum atomic E-state index is 12.0. The first-order chi connectivity index (χ1) is 9.72. The molecule has 1 N–H and O–H groups in total. The normalized spacial score (nSPS) is 15.8. The van der Waals surface area contributed by atoms with Gasteiger partial charge in [0, 0.05) is 11.6 Å². The van der Waals surface area contributed by atoms with Crippen LogP contribution in [0.25, 0.3) is 0 Å². The number of hydrogen-bond acceptors (Lipinski definition) is 5. The second kappa shape index (κ2) is 5.66. The summed E-state index contributed by atoms with van der Waals surface area (Å²) in [5.74, 6) is 1.06. The van der Waals surface area contributed by atoms with Gasteiger partial charge in [0.1, 0.15) is 0 Å². The first-order valence-electron chi connectivity index (χ1n) is 6.58. The number of aromatic nitrogens is 2. The van der Waals surface area contributed by atoms with Crippen molar-refractivity contribution in [1.29, 1.82) is 0 Å². The lowest BCUT2D eigenvalue weighted by molar-refractivity contribution is -0.115. The number of benzene rings is 1. The van der Waals surface area contributed by atoms with Crippen LogP contribution in [-0.4, -0.2) is 21.4 Å². The van der Waals surface area contributed by atoms with E-state index in [1.165, 1.54) is 11.8 Å². The second-order valence-corrected chi connectivity index (χ2v) is 6.09. The standard InChI is InChI=1S/C14H15N3O2S/c1-9(12(18)15-11-5-3-2-4-6-11)20-14-17-16-13(19-14)10-7-8-10/h2-6,9-10H,7-8H2,1H3,(H,15,18)/t9-/m1/s1. The smallest absolute Gasteiger partial charge is 0.277 e. The molecule has 1 aromatic carbocycles. The average molecular weight is 289 g/mol. The number of hydrogen-bond donors (Lipinski definition) is 1. The largest absolute Gasteiger partial charge is 0.416 e. The molecule has 6 heteroatoms. The van der Waals surface area contributed by atoms with E-state index in [4.69, 9.17) is 4.42 Å². The number of anilines is 1. The number of nitrogens with zero attached hydrogens (tertiary/aromatic N) is 2. The lowest BCUT2D eigenvalue weighted by atomic mass is 10.3. The molecule has 1 aromatic heterocycles. The van der Waals surface area contributed by atoms with Crippen LogP contribution >= 0.6 is 11.8 Å². The Morgan fingerprint density at radius 2 is 2.10 bits per heavy atom. The molecule has 0 saturated heterocycles. The molecule has 104 valence electrons. The minimum atomic E-state index is -0.289. The van der Waals surface area contributed by atoms with Gasteiger partial charge in [-0.3, -0.25) is 4.79 Å². The Labute approximate surface area is 121 Å². The highest BCUT2D eigenvalue weighted by Crippen LogP contribution is 2.40. The zero-order valence-corrected chi connectivity index (χ0v) is 11.9. The van der Waals surface area contributed by atoms with Crippen LogP contribution in [-0.2, 0) is 4.79 Å². The van der Waals surface area contributed by atoms with Crippen molar-refractivity contribution in [1.82, 2.24) is 10.2 Å². The molecule has 2 aromatic rings. The van der Waals surface area contributed by atoms with Crippen molar-refractivity contribution in [3.05, 3.63) is 36.2 Å². The van der Waals surface area contributed by atoms with Gasteiger partial charge < -0.3 is 9.73 Å². The molecule has 0 spiro atoms. The molecule has 0 aliphatic heterocycles. The summed E-state index contributed by atoms with van der Waals surface area (Å²) in [6, 6.07) is 9.38. The SMILES string of the molecule is C[C@@H](Sc1nnc(C2CC2)o1)C(=O)Nc1ccccc1. The fourth-order valence-corrected chi connectivity index (χ4v) is 2.42. The van der Waals surface area contributed by atoms with Crippen molar-refractivity contribution in [2.24, 2.45) is 0 Å². The van der Waals surface area contributed by atoms with Crippen molar-refractivity contribution in [2.45, 2.75) is 36.2 Å². The first kappa shape index (κ1) is 13.2. The Bertz CT molecular complexity index is 595. The molecule has 1 amide bonds. The maximum absolute atomic E-state index is 12.0. The molecule has 3 rings (SSSR count). The zero-order chi connectivity index (χ0) is 13.9. The summed E-state index contributed by atoms with van der Waals surface area (Å²) in [6.07, 6.45) is 2.24. The molecule has 0 bridgehead atoms. The summed E-state index contributed by atoms with van der Waals surface area (Å²) in [5.41, 5.74) is 0.786. The molecule has 1 atom stereocenters. The van der Waals surface area contributed by atoms with Crippen LogP contribution < -0.4 is 5.32 Å². The zero-order valence-electron chi connectivity index (χ0n) is 11.1. The Hall–Kier alpha value is -1.82. The molecular formula is C14H15N3O2S. The van der Waals surface area contributed by atoms with Gasteiger partial charge in [-0.25, -0.2) is 0 Å². The van der Waals surface area contributed by atoms with Gasteiger partial charge in [-0.1, -0.05) is 30.0 Å². The van der Waals surface area contributed by atoms with Crippen molar-refractivity contribution in [3.63, 3.8) is 0 Å². The number of rotatable bonds is 5. The predicted octanol–water partition coefficient (Wildman–Crippen LogP) is 3.07. The van der Waals surface area contributed by atoms with E-state index in [2.05, 4.69) is 15.5 Å². The van der Waals surface area contributed by atoms with Crippen LogP contribution in [0.4, 0.5) is 5.69 Å². The summed E-state index contributed by atoms with van der Waals surface area (Å²) >= 11 is 1.28. The van der Waals surface area contributed by atoms with Crippen molar-refractivity contribution < 1.29 is 9.21 Å². The van der Waals surface area contributed by atoms with Gasteiger partial charge in [-0.15, -0.1) is 10.2 Å². The fraction of sp³-hybridized carbons (Fsp3) is 0.357. The fourth-order valence-electron chi connectivity index (χ4n) is 1.73. The lowest BCUT2D eigenvalue weighted by Gasteiger charge is -2.09. The number of para-hydroxylation sites is 1. The van der Waals surface area contributed by atoms with Gasteiger partial charge in [0.15, 0.2) is 0 Å². The number of nitrogens with one attached hydrogen (secondary N) is 1. The van der Waals surface area contributed by atoms with Crippen LogP contribution in [0.5, 0.6) is 0 Å². The molecule has 1 heterocycles. The van der Waals surface area contributed by atoms with Gasteiger partial charge in [0.2, 0.25) is 11.8 Å². The summed E-state index contributed by atoms with van der Waals surface area (Å²) in [7, 11) is 0. The van der Waals surface area contributed by atoms with Crippen LogP contribution in [0, 0.1) is 0 Å². The number of carbonyl (C=O) groups excluding carboxylic acids is 1. The Morgan fingerprint density at radius 1 is 1.35 bits per heavy atom. The van der Waals surface area contributed by atoms with Crippen LogP contribution in [0.1, 0.15) is 31.6 Å². The second-order valence-electron chi connectivity index (χ2n) is 4.80. The molecule has 5 nitrogen and oxygen atoms in total. The van der Waals surface area contributed by atoms with Crippen LogP contribution in [0.3, 0.4) is 0 Å². The van der Waals surface area contributed by atoms with E-state index in [9.17, 15) is 4.79 Å². The predicted molar refractivity (Wildman–Crippen MR) is 76.7 cm³/mol. The molecule has 1 aliphatic carbocycles. The first-order valence-corrected chi connectivity index (χ1v) is 7.46. The average Bonchev–Trinajstić information content (AvgIpc) is 3.20. The summed E-state index contributed by atoms with van der Waals surface area (Å²) in [6.45, 7) is 1.82. The van der Waals surface area contributed by atoms with Crippen molar-refractivity contribution >= 4 is 23.4 Å². The Kier molecular flexibility index (Phi) is 3.73. The topological polar surface area (TPSA) is 68.0 Å². The maximum Gasteiger partial charge on any atom is 0.277 e. The molecule has 0 radical (unpaired) electrons. The molecule has 0 unspecified atom stereocenters. The molecule has 1 saturated carbocycles. The van der Waals surface area contributed by atoms with Crippen molar-refractivity contribution in [3.8, 4) is 0 Å². The van der Waals surface area contributed by atoms with E-state index in [1.54, 1.807) is 0 Å². The third kappa shape index (κ3) is 3.19. The van der Waals surface area contributed by atoms with Crippen LogP contribution in [0.2, 0.25) is 0 Å². The van der Waals surface area contributed by atoms with Crippen molar-refractivity contribution in [2.75, 3.05) is 5.32 Å². The lowest BCUT2D eigenvalue weighted by Crippen LogP contribution is -2.22. The summed E-state index contributed by atoms with van der Waals surface area (Å²) in [5, 5.41) is 11.0. The van der Waals surface area contributed by atoms with Crippen LogP contribution in [0.15, 0.2) is 40.0 Å². The van der Waals surface area contributed by atoms with Gasteiger partial charge in [-0.2, -0.15) is 0 Å². The Morgan fingerprint density at radius 3 is 2.80 bits per heavy atom. The van der Waals surface area contributed by atoms with Gasteiger partial charge in [0.25, 0.3) is 5.22 Å². The van der Waals surface area contributed by atoms with E-state index in [0.717, 1.165) is 18.5 Å². The molecular weight excluding hydrogens is 274 g/mol. The summed E-state index contributed by atoms with van der Waals surface area (Å²) in [4.78, 5) is 12.0. The van der Waals surface area contributed by atoms with Gasteiger partial charge >= 0.3 is 0 Å². The number of thioether (sulfide) groups is 1. The quantitative estimate of drug-likeness (QED) is 0.857. The molecule has 1 fully saturated rings. The van der Waals surface area contributed by atoms with E-state index >= 15 is 0 Å². The molecule has 20 heavy (non-hydrogen) atoms. The van der Waals surface area contributed by atoms with Gasteiger partial charge in [-0.05, 0) is 31.9 Å². The number of carbonyl (C=O) groups is 1. The highest BCUT2D eigenvalue weighted by atomic mass is 32.2. The monoisotopic (exact) mass is 289 g/mol. The van der Waals surface area contributed by atoms with E-state index in [0.29, 0.717) is 17.0 Å².